The molecule has 1 atom stereocenters. The fourth-order valence-electron chi connectivity index (χ4n) is 1.41. The molecule has 0 aliphatic heterocycles. The van der Waals surface area contributed by atoms with Gasteiger partial charge in [-0.05, 0) is 38.5 Å². The molecule has 0 saturated carbocycles. The number of hydrogen-bond donors (Lipinski definition) is 3. The van der Waals surface area contributed by atoms with Crippen molar-refractivity contribution in [2.75, 3.05) is 12.3 Å². The van der Waals surface area contributed by atoms with E-state index in [9.17, 15) is 9.59 Å². The lowest BCUT2D eigenvalue weighted by Gasteiger charge is -2.13. The van der Waals surface area contributed by atoms with E-state index in [1.54, 1.807) is 13.8 Å². The zero-order valence-corrected chi connectivity index (χ0v) is 12.1. The summed E-state index contributed by atoms with van der Waals surface area (Å²) in [5.41, 5.74) is 7.43. The minimum atomic E-state index is -0.468. The Morgan fingerprint density at radius 2 is 2.11 bits per heavy atom. The molecule has 6 heteroatoms. The van der Waals surface area contributed by atoms with Crippen molar-refractivity contribution < 1.29 is 9.59 Å². The molecule has 4 N–H and O–H groups in total. The number of nitrogens with one attached hydrogen (secondary N) is 2. The monoisotopic (exact) mass is 281 g/mol. The van der Waals surface area contributed by atoms with Crippen LogP contribution in [0.2, 0.25) is 0 Å². The van der Waals surface area contributed by atoms with Crippen LogP contribution in [0.1, 0.15) is 19.4 Å². The zero-order valence-electron chi connectivity index (χ0n) is 11.3. The number of amides is 3. The third-order valence-electron chi connectivity index (χ3n) is 2.46. The summed E-state index contributed by atoms with van der Waals surface area (Å²) >= 11 is 1.38. The van der Waals surface area contributed by atoms with E-state index in [4.69, 9.17) is 5.73 Å². The van der Waals surface area contributed by atoms with Crippen molar-refractivity contribution in [2.45, 2.75) is 30.9 Å². The molecular weight excluding hydrogens is 262 g/mol. The van der Waals surface area contributed by atoms with Crippen molar-refractivity contribution >= 4 is 29.4 Å². The molecule has 0 heterocycles. The van der Waals surface area contributed by atoms with E-state index in [0.29, 0.717) is 12.2 Å². The number of urea groups is 1. The van der Waals surface area contributed by atoms with Gasteiger partial charge in [0.15, 0.2) is 0 Å². The SMILES string of the molecule is CCNC(=O)NC(=O)C(C)Sc1cc(N)ccc1C. The highest BCUT2D eigenvalue weighted by atomic mass is 32.2. The number of imide groups is 1. The standard InChI is InChI=1S/C13H19N3O2S/c1-4-15-13(18)16-12(17)9(3)19-11-7-10(14)6-5-8(11)2/h5-7,9H,4,14H2,1-3H3,(H2,15,16,17,18). The van der Waals surface area contributed by atoms with Gasteiger partial charge in [-0.15, -0.1) is 11.8 Å². The highest BCUT2D eigenvalue weighted by Crippen LogP contribution is 2.28. The maximum absolute atomic E-state index is 11.8. The lowest BCUT2D eigenvalue weighted by atomic mass is 10.2. The summed E-state index contributed by atoms with van der Waals surface area (Å²) in [5.74, 6) is -0.322. The molecular formula is C13H19N3O2S. The van der Waals surface area contributed by atoms with Crippen LogP contribution in [0.3, 0.4) is 0 Å². The van der Waals surface area contributed by atoms with E-state index in [-0.39, 0.29) is 11.2 Å². The van der Waals surface area contributed by atoms with E-state index >= 15 is 0 Å². The quantitative estimate of drug-likeness (QED) is 0.581. The van der Waals surface area contributed by atoms with Gasteiger partial charge in [-0.25, -0.2) is 4.79 Å². The second-order valence-electron chi connectivity index (χ2n) is 4.13. The van der Waals surface area contributed by atoms with Gasteiger partial charge in [0.25, 0.3) is 0 Å². The van der Waals surface area contributed by atoms with Crippen molar-refractivity contribution in [2.24, 2.45) is 0 Å². The second kappa shape index (κ2) is 7.04. The number of anilines is 1. The molecule has 0 spiro atoms. The van der Waals surface area contributed by atoms with Crippen LogP contribution in [0.25, 0.3) is 0 Å². The van der Waals surface area contributed by atoms with Gasteiger partial charge in [-0.1, -0.05) is 6.07 Å². The van der Waals surface area contributed by atoms with E-state index in [1.165, 1.54) is 11.8 Å². The first-order valence-electron chi connectivity index (χ1n) is 6.05. The van der Waals surface area contributed by atoms with Crippen molar-refractivity contribution in [3.8, 4) is 0 Å². The van der Waals surface area contributed by atoms with Crippen LogP contribution in [0.15, 0.2) is 23.1 Å². The van der Waals surface area contributed by atoms with Crippen LogP contribution in [0, 0.1) is 6.92 Å². The first-order chi connectivity index (χ1) is 8.93. The Bertz CT molecular complexity index is 477. The number of nitrogen functional groups attached to an aromatic ring is 1. The summed E-state index contributed by atoms with van der Waals surface area (Å²) in [6.07, 6.45) is 0. The molecule has 0 radical (unpaired) electrons. The predicted molar refractivity (Wildman–Crippen MR) is 78.1 cm³/mol. The van der Waals surface area contributed by atoms with E-state index in [1.807, 2.05) is 25.1 Å². The lowest BCUT2D eigenvalue weighted by Crippen LogP contribution is -2.42. The molecule has 3 amide bonds. The summed E-state index contributed by atoms with van der Waals surface area (Å²) in [7, 11) is 0. The highest BCUT2D eigenvalue weighted by molar-refractivity contribution is 8.00. The minimum Gasteiger partial charge on any atom is -0.399 e. The number of rotatable bonds is 4. The van der Waals surface area contributed by atoms with Crippen LogP contribution in [-0.4, -0.2) is 23.7 Å². The van der Waals surface area contributed by atoms with Gasteiger partial charge in [0.2, 0.25) is 5.91 Å². The number of carbonyl (C=O) groups is 2. The maximum atomic E-state index is 11.8. The molecule has 0 saturated heterocycles. The molecule has 19 heavy (non-hydrogen) atoms. The van der Waals surface area contributed by atoms with Gasteiger partial charge in [0.1, 0.15) is 0 Å². The van der Waals surface area contributed by atoms with Crippen LogP contribution >= 0.6 is 11.8 Å². The number of hydrogen-bond acceptors (Lipinski definition) is 4. The van der Waals surface area contributed by atoms with Crippen molar-refractivity contribution in [1.82, 2.24) is 10.6 Å². The fourth-order valence-corrected chi connectivity index (χ4v) is 2.41. The smallest absolute Gasteiger partial charge is 0.321 e. The van der Waals surface area contributed by atoms with Gasteiger partial charge in [-0.2, -0.15) is 0 Å². The first kappa shape index (κ1) is 15.4. The lowest BCUT2D eigenvalue weighted by molar-refractivity contribution is -0.119. The van der Waals surface area contributed by atoms with Crippen molar-refractivity contribution in [1.29, 1.82) is 0 Å². The van der Waals surface area contributed by atoms with Gasteiger partial charge in [-0.3, -0.25) is 10.1 Å². The number of benzene rings is 1. The topological polar surface area (TPSA) is 84.2 Å². The second-order valence-corrected chi connectivity index (χ2v) is 5.52. The third-order valence-corrected chi connectivity index (χ3v) is 3.72. The maximum Gasteiger partial charge on any atom is 0.321 e. The van der Waals surface area contributed by atoms with Gasteiger partial charge in [0, 0.05) is 17.1 Å². The summed E-state index contributed by atoms with van der Waals surface area (Å²) in [6, 6.07) is 5.09. The highest BCUT2D eigenvalue weighted by Gasteiger charge is 2.17. The molecule has 1 aromatic rings. The Morgan fingerprint density at radius 1 is 1.42 bits per heavy atom. The Kier molecular flexibility index (Phi) is 5.69. The molecule has 104 valence electrons. The Balaban J connectivity index is 2.63. The average Bonchev–Trinajstić information content (AvgIpc) is 2.34. The molecule has 1 rings (SSSR count). The predicted octanol–water partition coefficient (Wildman–Crippen LogP) is 1.90. The van der Waals surface area contributed by atoms with Crippen LogP contribution < -0.4 is 16.4 Å². The Morgan fingerprint density at radius 3 is 2.74 bits per heavy atom. The molecule has 1 aromatic carbocycles. The van der Waals surface area contributed by atoms with E-state index in [2.05, 4.69) is 10.6 Å². The fraction of sp³-hybridized carbons (Fsp3) is 0.385. The molecule has 0 aliphatic rings. The Hall–Kier alpha value is -1.69. The van der Waals surface area contributed by atoms with Gasteiger partial charge in [0.05, 0.1) is 5.25 Å². The molecule has 0 bridgehead atoms. The molecule has 0 fully saturated rings. The largest absolute Gasteiger partial charge is 0.399 e. The zero-order chi connectivity index (χ0) is 14.4. The van der Waals surface area contributed by atoms with Crippen LogP contribution in [0.4, 0.5) is 10.5 Å². The minimum absolute atomic E-state index is 0.322. The van der Waals surface area contributed by atoms with Gasteiger partial charge < -0.3 is 11.1 Å². The summed E-state index contributed by atoms with van der Waals surface area (Å²) in [6.45, 7) is 5.98. The summed E-state index contributed by atoms with van der Waals surface area (Å²) < 4.78 is 0. The Labute approximate surface area is 117 Å². The van der Waals surface area contributed by atoms with Crippen molar-refractivity contribution in [3.63, 3.8) is 0 Å². The van der Waals surface area contributed by atoms with E-state index in [0.717, 1.165) is 10.5 Å². The molecule has 0 aromatic heterocycles. The number of aryl methyl sites for hydroxylation is 1. The number of thioether (sulfide) groups is 1. The summed E-state index contributed by atoms with van der Waals surface area (Å²) in [4.78, 5) is 24.0. The molecule has 0 aliphatic carbocycles. The number of nitrogens with two attached hydrogens (primary N) is 1. The van der Waals surface area contributed by atoms with E-state index < -0.39 is 6.03 Å². The molecule has 5 nitrogen and oxygen atoms in total. The number of carbonyl (C=O) groups excluding carboxylic acids is 2. The van der Waals surface area contributed by atoms with Crippen LogP contribution in [-0.2, 0) is 4.79 Å². The summed E-state index contributed by atoms with van der Waals surface area (Å²) in [5, 5.41) is 4.44. The first-order valence-corrected chi connectivity index (χ1v) is 6.93. The van der Waals surface area contributed by atoms with Gasteiger partial charge >= 0.3 is 6.03 Å². The third kappa shape index (κ3) is 4.82. The average molecular weight is 281 g/mol. The normalized spacial score (nSPS) is 11.7. The van der Waals surface area contributed by atoms with Crippen molar-refractivity contribution in [3.05, 3.63) is 23.8 Å². The molecule has 1 unspecified atom stereocenters. The van der Waals surface area contributed by atoms with Crippen LogP contribution in [0.5, 0.6) is 0 Å².